The molecule has 1 fully saturated rings. The Morgan fingerprint density at radius 2 is 1.93 bits per heavy atom. The number of ether oxygens (including phenoxy) is 1. The van der Waals surface area contributed by atoms with Crippen LogP contribution in [0.15, 0.2) is 36.7 Å². The molecule has 1 N–H and O–H groups in total. The zero-order valence-electron chi connectivity index (χ0n) is 16.5. The van der Waals surface area contributed by atoms with Gasteiger partial charge in [0.15, 0.2) is 0 Å². The lowest BCUT2D eigenvalue weighted by atomic mass is 10.1. The number of aryl methyl sites for hydroxylation is 1. The average Bonchev–Trinajstić information content (AvgIpc) is 3.13. The smallest absolute Gasteiger partial charge is 0.119 e. The number of hydrogen-bond acceptors (Lipinski definition) is 5. The van der Waals surface area contributed by atoms with E-state index in [0.29, 0.717) is 12.6 Å². The van der Waals surface area contributed by atoms with Crippen LogP contribution in [0.3, 0.4) is 0 Å². The van der Waals surface area contributed by atoms with Crippen LogP contribution in [0, 0.1) is 0 Å². The summed E-state index contributed by atoms with van der Waals surface area (Å²) in [5.41, 5.74) is 2.55. The monoisotopic (exact) mass is 372 g/mol. The molecule has 148 valence electrons. The van der Waals surface area contributed by atoms with Crippen molar-refractivity contribution in [2.24, 2.45) is 0 Å². The molecule has 0 spiro atoms. The summed E-state index contributed by atoms with van der Waals surface area (Å²) in [4.78, 5) is 4.98. The number of hydrogen-bond donors (Lipinski definition) is 1. The van der Waals surface area contributed by atoms with Crippen LogP contribution in [0.4, 0.5) is 0 Å². The highest BCUT2D eigenvalue weighted by molar-refractivity contribution is 5.27. The summed E-state index contributed by atoms with van der Waals surface area (Å²) in [6.07, 6.45) is 4.91. The van der Waals surface area contributed by atoms with Crippen LogP contribution in [0.5, 0.6) is 5.75 Å². The van der Waals surface area contributed by atoms with Crippen LogP contribution in [-0.2, 0) is 19.6 Å². The van der Waals surface area contributed by atoms with Gasteiger partial charge >= 0.3 is 0 Å². The number of aliphatic hydroxyl groups is 1. The summed E-state index contributed by atoms with van der Waals surface area (Å²) in [6.45, 7) is 10.8. The molecule has 0 amide bonds. The number of aliphatic hydroxyl groups excluding tert-OH is 1. The molecule has 1 saturated heterocycles. The molecule has 1 aromatic carbocycles. The van der Waals surface area contributed by atoms with Crippen molar-refractivity contribution in [1.29, 1.82) is 0 Å². The lowest BCUT2D eigenvalue weighted by Gasteiger charge is -2.41. The maximum atomic E-state index is 9.53. The first-order valence-corrected chi connectivity index (χ1v) is 10.0. The summed E-state index contributed by atoms with van der Waals surface area (Å²) < 4.78 is 7.51. The fourth-order valence-corrected chi connectivity index (χ4v) is 3.74. The number of nitrogens with zero attached hydrogens (tertiary/aromatic N) is 4. The zero-order valence-corrected chi connectivity index (χ0v) is 16.5. The first kappa shape index (κ1) is 19.9. The summed E-state index contributed by atoms with van der Waals surface area (Å²) in [7, 11) is 0. The maximum absolute atomic E-state index is 9.53. The van der Waals surface area contributed by atoms with Crippen molar-refractivity contribution in [3.8, 4) is 5.75 Å². The Balaban J connectivity index is 1.58. The summed E-state index contributed by atoms with van der Waals surface area (Å²) in [5, 5.41) is 13.9. The van der Waals surface area contributed by atoms with Crippen molar-refractivity contribution in [3.05, 3.63) is 47.8 Å². The van der Waals surface area contributed by atoms with Crippen molar-refractivity contribution in [1.82, 2.24) is 19.6 Å². The summed E-state index contributed by atoms with van der Waals surface area (Å²) >= 11 is 0. The van der Waals surface area contributed by atoms with E-state index >= 15 is 0 Å². The van der Waals surface area contributed by atoms with E-state index in [0.717, 1.165) is 51.4 Å². The van der Waals surface area contributed by atoms with Gasteiger partial charge in [0.2, 0.25) is 0 Å². The van der Waals surface area contributed by atoms with Crippen molar-refractivity contribution >= 4 is 0 Å². The topological polar surface area (TPSA) is 53.8 Å². The van der Waals surface area contributed by atoms with Gasteiger partial charge in [-0.1, -0.05) is 12.1 Å². The van der Waals surface area contributed by atoms with Gasteiger partial charge in [-0.25, -0.2) is 0 Å². The molecule has 3 rings (SSSR count). The number of benzene rings is 1. The van der Waals surface area contributed by atoms with E-state index in [-0.39, 0.29) is 6.61 Å². The molecule has 0 saturated carbocycles. The van der Waals surface area contributed by atoms with Gasteiger partial charge in [0.25, 0.3) is 0 Å². The predicted molar refractivity (Wildman–Crippen MR) is 107 cm³/mol. The fraction of sp³-hybridized carbons (Fsp3) is 0.571. The molecule has 6 heteroatoms. The molecule has 2 aromatic rings. The molecule has 0 radical (unpaired) electrons. The first-order valence-electron chi connectivity index (χ1n) is 10.0. The second-order valence-electron chi connectivity index (χ2n) is 7.15. The van der Waals surface area contributed by atoms with Crippen LogP contribution in [-0.4, -0.2) is 63.6 Å². The largest absolute Gasteiger partial charge is 0.494 e. The first-order chi connectivity index (χ1) is 13.2. The number of piperazine rings is 1. The van der Waals surface area contributed by atoms with Crippen molar-refractivity contribution in [2.75, 3.05) is 32.8 Å². The predicted octanol–water partition coefficient (Wildman–Crippen LogP) is 2.37. The van der Waals surface area contributed by atoms with Crippen LogP contribution >= 0.6 is 0 Å². The van der Waals surface area contributed by atoms with E-state index in [9.17, 15) is 5.11 Å². The summed E-state index contributed by atoms with van der Waals surface area (Å²) in [5.74, 6) is 0.922. The lowest BCUT2D eigenvalue weighted by Crippen LogP contribution is -2.52. The van der Waals surface area contributed by atoms with Crippen molar-refractivity contribution in [3.63, 3.8) is 0 Å². The normalized spacial score (nSPS) is 18.7. The van der Waals surface area contributed by atoms with Gasteiger partial charge in [-0.2, -0.15) is 5.10 Å². The fourth-order valence-electron chi connectivity index (χ4n) is 3.74. The molecule has 2 heterocycles. The van der Waals surface area contributed by atoms with Gasteiger partial charge < -0.3 is 9.84 Å². The Labute approximate surface area is 162 Å². The highest BCUT2D eigenvalue weighted by Gasteiger charge is 2.26. The quantitative estimate of drug-likeness (QED) is 0.732. The average molecular weight is 373 g/mol. The minimum Gasteiger partial charge on any atom is -0.494 e. The molecule has 1 aliphatic heterocycles. The second kappa shape index (κ2) is 9.88. The molecule has 1 aromatic heterocycles. The van der Waals surface area contributed by atoms with E-state index in [1.807, 2.05) is 29.9 Å². The highest BCUT2D eigenvalue weighted by Crippen LogP contribution is 2.20. The van der Waals surface area contributed by atoms with Crippen molar-refractivity contribution < 1.29 is 9.84 Å². The van der Waals surface area contributed by atoms with Crippen molar-refractivity contribution in [2.45, 2.75) is 45.9 Å². The third-order valence-electron chi connectivity index (χ3n) is 5.19. The molecular weight excluding hydrogens is 340 g/mol. The maximum Gasteiger partial charge on any atom is 0.119 e. The van der Waals surface area contributed by atoms with Gasteiger partial charge in [0, 0.05) is 63.7 Å². The van der Waals surface area contributed by atoms with Gasteiger partial charge in [-0.05, 0) is 38.0 Å². The number of rotatable bonds is 9. The number of aromatic nitrogens is 2. The van der Waals surface area contributed by atoms with Crippen LogP contribution in [0.1, 0.15) is 31.4 Å². The second-order valence-corrected chi connectivity index (χ2v) is 7.15. The standard InChI is InChI=1S/C21H32N4O2/c1-3-25-16-19(13-22-25)14-23-10-11-24(20(17-23)9-12-26)15-18-5-7-21(8-6-18)27-4-2/h5-8,13,16,20,26H,3-4,9-12,14-15,17H2,1-2H3. The Morgan fingerprint density at radius 3 is 2.59 bits per heavy atom. The third-order valence-corrected chi connectivity index (χ3v) is 5.19. The molecule has 27 heavy (non-hydrogen) atoms. The van der Waals surface area contributed by atoms with E-state index in [2.05, 4.69) is 40.2 Å². The lowest BCUT2D eigenvalue weighted by molar-refractivity contribution is 0.0499. The molecule has 0 aliphatic carbocycles. The Bertz CT molecular complexity index is 686. The molecule has 6 nitrogen and oxygen atoms in total. The SMILES string of the molecule is CCOc1ccc(CN2CCN(Cc3cnn(CC)c3)CC2CCO)cc1. The van der Waals surface area contributed by atoms with E-state index < -0.39 is 0 Å². The van der Waals surface area contributed by atoms with Crippen LogP contribution < -0.4 is 4.74 Å². The molecule has 1 aliphatic rings. The zero-order chi connectivity index (χ0) is 19.1. The molecule has 1 atom stereocenters. The van der Waals surface area contributed by atoms with E-state index in [1.54, 1.807) is 0 Å². The highest BCUT2D eigenvalue weighted by atomic mass is 16.5. The Kier molecular flexibility index (Phi) is 7.26. The minimum atomic E-state index is 0.228. The third kappa shape index (κ3) is 5.54. The van der Waals surface area contributed by atoms with Gasteiger partial charge in [0.05, 0.1) is 12.8 Å². The van der Waals surface area contributed by atoms with Gasteiger partial charge in [-0.15, -0.1) is 0 Å². The van der Waals surface area contributed by atoms with Gasteiger partial charge in [0.1, 0.15) is 5.75 Å². The van der Waals surface area contributed by atoms with Gasteiger partial charge in [-0.3, -0.25) is 14.5 Å². The van der Waals surface area contributed by atoms with E-state index in [4.69, 9.17) is 4.74 Å². The van der Waals surface area contributed by atoms with E-state index in [1.165, 1.54) is 11.1 Å². The van der Waals surface area contributed by atoms with Crippen LogP contribution in [0.25, 0.3) is 0 Å². The molecule has 0 bridgehead atoms. The molecular formula is C21H32N4O2. The minimum absolute atomic E-state index is 0.228. The van der Waals surface area contributed by atoms with Crippen LogP contribution in [0.2, 0.25) is 0 Å². The molecule has 1 unspecified atom stereocenters. The summed E-state index contributed by atoms with van der Waals surface area (Å²) in [6, 6.07) is 8.75. The Hall–Kier alpha value is -1.89. The Morgan fingerprint density at radius 1 is 1.11 bits per heavy atom.